The smallest absolute Gasteiger partial charge is 0.196 e. The third-order valence-corrected chi connectivity index (χ3v) is 2.61. The minimum Gasteiger partial charge on any atom is -0.489 e. The van der Waals surface area contributed by atoms with Crippen molar-refractivity contribution in [3.05, 3.63) is 23.0 Å². The number of hydrogen-bond donors (Lipinski definition) is 2. The van der Waals surface area contributed by atoms with Crippen molar-refractivity contribution in [1.82, 2.24) is 5.32 Å². The van der Waals surface area contributed by atoms with Gasteiger partial charge in [0.1, 0.15) is 11.6 Å². The van der Waals surface area contributed by atoms with Gasteiger partial charge in [-0.3, -0.25) is 4.99 Å². The monoisotopic (exact) mass is 271 g/mol. The summed E-state index contributed by atoms with van der Waals surface area (Å²) in [6.07, 6.45) is -0.0252. The van der Waals surface area contributed by atoms with Crippen LogP contribution in [0.1, 0.15) is 13.8 Å². The summed E-state index contributed by atoms with van der Waals surface area (Å²) in [4.78, 5) is 4.14. The molecule has 4 nitrogen and oxygen atoms in total. The van der Waals surface area contributed by atoms with E-state index in [4.69, 9.17) is 16.3 Å². The predicted octanol–water partition coefficient (Wildman–Crippen LogP) is 2.64. The van der Waals surface area contributed by atoms with Gasteiger partial charge in [0, 0.05) is 12.6 Å². The lowest BCUT2D eigenvalue weighted by atomic mass is 10.2. The number of nitrogens with zero attached hydrogens (tertiary/aromatic N) is 1. The second kappa shape index (κ2) is 5.44. The lowest BCUT2D eigenvalue weighted by molar-refractivity contribution is 0.242. The fourth-order valence-corrected chi connectivity index (χ4v) is 1.77. The van der Waals surface area contributed by atoms with Crippen LogP contribution in [0.2, 0.25) is 5.02 Å². The van der Waals surface area contributed by atoms with E-state index in [1.54, 1.807) is 6.07 Å². The number of nitrogens with one attached hydrogen (secondary N) is 2. The summed E-state index contributed by atoms with van der Waals surface area (Å²) < 4.78 is 19.2. The first-order valence-electron chi connectivity index (χ1n) is 5.77. The van der Waals surface area contributed by atoms with Crippen molar-refractivity contribution in [2.24, 2.45) is 4.99 Å². The van der Waals surface area contributed by atoms with Crippen LogP contribution in [0.15, 0.2) is 17.1 Å². The second-order valence-electron chi connectivity index (χ2n) is 4.21. The molecule has 0 unspecified atom stereocenters. The summed E-state index contributed by atoms with van der Waals surface area (Å²) in [5, 5.41) is 6.14. The van der Waals surface area contributed by atoms with Crippen molar-refractivity contribution < 1.29 is 9.13 Å². The summed E-state index contributed by atoms with van der Waals surface area (Å²) in [7, 11) is 0. The van der Waals surface area contributed by atoms with Crippen LogP contribution in [-0.4, -0.2) is 25.2 Å². The molecule has 0 radical (unpaired) electrons. The van der Waals surface area contributed by atoms with E-state index in [9.17, 15) is 4.39 Å². The number of halogens is 2. The Labute approximate surface area is 110 Å². The number of hydrogen-bond acceptors (Lipinski definition) is 4. The average Bonchev–Trinajstić information content (AvgIpc) is 2.77. The lowest BCUT2D eigenvalue weighted by Gasteiger charge is -2.14. The van der Waals surface area contributed by atoms with Crippen LogP contribution < -0.4 is 15.4 Å². The van der Waals surface area contributed by atoms with Crippen LogP contribution >= 0.6 is 11.6 Å². The molecule has 0 spiro atoms. The van der Waals surface area contributed by atoms with Crippen LogP contribution in [0, 0.1) is 5.82 Å². The van der Waals surface area contributed by atoms with Gasteiger partial charge in [0.2, 0.25) is 0 Å². The van der Waals surface area contributed by atoms with Gasteiger partial charge in [0.25, 0.3) is 0 Å². The Morgan fingerprint density at radius 2 is 2.28 bits per heavy atom. The standard InChI is InChI=1S/C12H15ClFN3O/c1-7(2)18-11-6-10(9(14)5-8(11)13)17-12-15-3-4-16-12/h5-7H,3-4H2,1-2H3,(H2,15,16,17). The summed E-state index contributed by atoms with van der Waals surface area (Å²) in [6.45, 7) is 5.21. The first-order valence-corrected chi connectivity index (χ1v) is 6.15. The Balaban J connectivity index is 2.23. The van der Waals surface area contributed by atoms with Gasteiger partial charge in [-0.15, -0.1) is 0 Å². The van der Waals surface area contributed by atoms with Crippen molar-refractivity contribution in [1.29, 1.82) is 0 Å². The van der Waals surface area contributed by atoms with Crippen molar-refractivity contribution in [3.63, 3.8) is 0 Å². The molecule has 0 aliphatic carbocycles. The molecule has 98 valence electrons. The minimum absolute atomic E-state index is 0.0252. The quantitative estimate of drug-likeness (QED) is 0.888. The molecule has 6 heteroatoms. The van der Waals surface area contributed by atoms with E-state index in [1.165, 1.54) is 6.07 Å². The molecule has 0 aromatic heterocycles. The molecule has 2 N–H and O–H groups in total. The van der Waals surface area contributed by atoms with Gasteiger partial charge in [-0.25, -0.2) is 4.39 Å². The molecule has 1 aromatic rings. The molecule has 0 amide bonds. The second-order valence-corrected chi connectivity index (χ2v) is 4.62. The number of anilines is 1. The molecule has 0 saturated carbocycles. The lowest BCUT2D eigenvalue weighted by Crippen LogP contribution is -2.26. The largest absolute Gasteiger partial charge is 0.489 e. The van der Waals surface area contributed by atoms with Gasteiger partial charge in [0.05, 0.1) is 23.4 Å². The topological polar surface area (TPSA) is 45.6 Å². The summed E-state index contributed by atoms with van der Waals surface area (Å²) in [5.74, 6) is 0.577. The maximum absolute atomic E-state index is 13.7. The summed E-state index contributed by atoms with van der Waals surface area (Å²) in [5.41, 5.74) is 0.295. The Bertz CT molecular complexity index is 477. The van der Waals surface area contributed by atoms with E-state index in [0.29, 0.717) is 23.9 Å². The van der Waals surface area contributed by atoms with Gasteiger partial charge in [-0.2, -0.15) is 0 Å². The zero-order chi connectivity index (χ0) is 13.1. The van der Waals surface area contributed by atoms with Crippen molar-refractivity contribution >= 4 is 23.2 Å². The highest BCUT2D eigenvalue weighted by Crippen LogP contribution is 2.31. The minimum atomic E-state index is -0.437. The molecular weight excluding hydrogens is 257 g/mol. The van der Waals surface area contributed by atoms with E-state index in [0.717, 1.165) is 6.54 Å². The van der Waals surface area contributed by atoms with Crippen molar-refractivity contribution in [2.75, 3.05) is 18.4 Å². The molecule has 1 aromatic carbocycles. The Morgan fingerprint density at radius 1 is 1.50 bits per heavy atom. The van der Waals surface area contributed by atoms with Crippen molar-refractivity contribution in [2.45, 2.75) is 20.0 Å². The van der Waals surface area contributed by atoms with Gasteiger partial charge in [-0.05, 0) is 19.9 Å². The van der Waals surface area contributed by atoms with Gasteiger partial charge in [0.15, 0.2) is 5.96 Å². The third kappa shape index (κ3) is 3.04. The SMILES string of the molecule is CC(C)Oc1cc(NC2=NCCN2)c(F)cc1Cl. The van der Waals surface area contributed by atoms with E-state index >= 15 is 0 Å². The van der Waals surface area contributed by atoms with Crippen LogP contribution in [0.4, 0.5) is 10.1 Å². The Hall–Kier alpha value is -1.49. The first-order chi connectivity index (χ1) is 8.56. The molecule has 1 heterocycles. The normalized spacial score (nSPS) is 14.4. The first kappa shape index (κ1) is 13.0. The fourth-order valence-electron chi connectivity index (χ4n) is 1.58. The highest BCUT2D eigenvalue weighted by Gasteiger charge is 2.13. The summed E-state index contributed by atoms with van der Waals surface area (Å²) >= 11 is 5.92. The van der Waals surface area contributed by atoms with Crippen LogP contribution in [0.3, 0.4) is 0 Å². The van der Waals surface area contributed by atoms with E-state index in [-0.39, 0.29) is 11.1 Å². The maximum Gasteiger partial charge on any atom is 0.196 e. The Morgan fingerprint density at radius 3 is 2.89 bits per heavy atom. The highest BCUT2D eigenvalue weighted by atomic mass is 35.5. The van der Waals surface area contributed by atoms with Crippen LogP contribution in [0.5, 0.6) is 5.75 Å². The van der Waals surface area contributed by atoms with Gasteiger partial charge >= 0.3 is 0 Å². The molecule has 0 fully saturated rings. The molecule has 1 aliphatic rings. The van der Waals surface area contributed by atoms with Crippen molar-refractivity contribution in [3.8, 4) is 5.75 Å². The number of benzene rings is 1. The van der Waals surface area contributed by atoms with E-state index in [2.05, 4.69) is 15.6 Å². The predicted molar refractivity (Wildman–Crippen MR) is 71.1 cm³/mol. The zero-order valence-corrected chi connectivity index (χ0v) is 11.0. The number of aliphatic imine (C=N–C) groups is 1. The maximum atomic E-state index is 13.7. The number of guanidine groups is 1. The number of ether oxygens (including phenoxy) is 1. The van der Waals surface area contributed by atoms with E-state index in [1.807, 2.05) is 13.8 Å². The number of rotatable bonds is 3. The zero-order valence-electron chi connectivity index (χ0n) is 10.3. The van der Waals surface area contributed by atoms with Gasteiger partial charge < -0.3 is 15.4 Å². The molecule has 0 saturated heterocycles. The fraction of sp³-hybridized carbons (Fsp3) is 0.417. The van der Waals surface area contributed by atoms with Crippen LogP contribution in [0.25, 0.3) is 0 Å². The van der Waals surface area contributed by atoms with Gasteiger partial charge in [-0.1, -0.05) is 11.6 Å². The summed E-state index contributed by atoms with van der Waals surface area (Å²) in [6, 6.07) is 2.78. The van der Waals surface area contributed by atoms with Crippen LogP contribution in [-0.2, 0) is 0 Å². The molecule has 2 rings (SSSR count). The molecule has 18 heavy (non-hydrogen) atoms. The highest BCUT2D eigenvalue weighted by molar-refractivity contribution is 6.32. The molecule has 0 atom stereocenters. The molecule has 1 aliphatic heterocycles. The van der Waals surface area contributed by atoms with E-state index < -0.39 is 5.82 Å². The molecule has 0 bridgehead atoms. The Kier molecular flexibility index (Phi) is 3.91. The average molecular weight is 272 g/mol. The third-order valence-electron chi connectivity index (χ3n) is 2.31. The molecular formula is C12H15ClFN3O.